The number of phenols is 1. The lowest BCUT2D eigenvalue weighted by molar-refractivity contribution is -0.132. The summed E-state index contributed by atoms with van der Waals surface area (Å²) in [4.78, 5) is 16.8. The topological polar surface area (TPSA) is 56.9 Å². The second-order valence-corrected chi connectivity index (χ2v) is 6.65. The van der Waals surface area contributed by atoms with E-state index in [1.807, 2.05) is 34.1 Å². The Morgan fingerprint density at radius 3 is 2.48 bits per heavy atom. The van der Waals surface area contributed by atoms with E-state index in [-0.39, 0.29) is 11.7 Å². The fourth-order valence-corrected chi connectivity index (χ4v) is 3.29. The lowest BCUT2D eigenvalue weighted by Gasteiger charge is -2.26. The molecule has 1 aliphatic heterocycles. The number of rotatable bonds is 6. The minimum absolute atomic E-state index is 0.156. The number of hydrogen-bond donors (Lipinski definition) is 1. The zero-order valence-electron chi connectivity index (χ0n) is 14.6. The maximum atomic E-state index is 12.8. The second-order valence-electron chi connectivity index (χ2n) is 6.65. The summed E-state index contributed by atoms with van der Waals surface area (Å²) < 4.78 is 5.45. The van der Waals surface area contributed by atoms with E-state index >= 15 is 0 Å². The number of likely N-dealkylation sites (tertiary alicyclic amines) is 1. The Balaban J connectivity index is 1.69. The van der Waals surface area contributed by atoms with Crippen LogP contribution in [-0.4, -0.2) is 40.4 Å². The van der Waals surface area contributed by atoms with Crippen LogP contribution in [0, 0.1) is 0 Å². The van der Waals surface area contributed by atoms with E-state index in [1.54, 1.807) is 18.4 Å². The molecular formula is C20H26N2O3. The van der Waals surface area contributed by atoms with E-state index in [4.69, 9.17) is 4.42 Å². The molecule has 25 heavy (non-hydrogen) atoms. The Morgan fingerprint density at radius 1 is 1.04 bits per heavy atom. The van der Waals surface area contributed by atoms with E-state index in [2.05, 4.69) is 0 Å². The number of carbonyl (C=O) groups excluding carboxylic acids is 1. The summed E-state index contributed by atoms with van der Waals surface area (Å²) in [6.45, 7) is 3.08. The predicted octanol–water partition coefficient (Wildman–Crippen LogP) is 3.39. The van der Waals surface area contributed by atoms with Crippen LogP contribution in [0.2, 0.25) is 0 Å². The molecule has 1 amide bonds. The van der Waals surface area contributed by atoms with E-state index in [0.717, 1.165) is 37.3 Å². The average molecular weight is 342 g/mol. The molecule has 0 bridgehead atoms. The molecule has 1 saturated heterocycles. The van der Waals surface area contributed by atoms with Crippen molar-refractivity contribution in [2.75, 3.05) is 19.6 Å². The number of nitrogens with zero attached hydrogens (tertiary/aromatic N) is 2. The number of benzene rings is 1. The van der Waals surface area contributed by atoms with Gasteiger partial charge in [-0.05, 0) is 31.0 Å². The van der Waals surface area contributed by atoms with Crippen LogP contribution in [0.25, 0.3) is 0 Å². The number of amides is 1. The van der Waals surface area contributed by atoms with Gasteiger partial charge in [-0.1, -0.05) is 31.0 Å². The minimum atomic E-state index is 0.156. The Hall–Kier alpha value is -2.27. The number of hydrogen-bond acceptors (Lipinski definition) is 4. The number of aromatic hydroxyl groups is 1. The van der Waals surface area contributed by atoms with Crippen molar-refractivity contribution in [2.24, 2.45) is 0 Å². The summed E-state index contributed by atoms with van der Waals surface area (Å²) in [7, 11) is 0. The summed E-state index contributed by atoms with van der Waals surface area (Å²) in [5.41, 5.74) is 0.817. The van der Waals surface area contributed by atoms with Crippen LogP contribution >= 0.6 is 0 Å². The first kappa shape index (κ1) is 17.5. The molecule has 1 N–H and O–H groups in total. The smallest absolute Gasteiger partial charge is 0.236 e. The molecule has 0 atom stereocenters. The van der Waals surface area contributed by atoms with E-state index < -0.39 is 0 Å². The van der Waals surface area contributed by atoms with Gasteiger partial charge in [0.2, 0.25) is 5.91 Å². The molecule has 0 spiro atoms. The molecule has 1 aliphatic rings. The molecule has 5 nitrogen and oxygen atoms in total. The van der Waals surface area contributed by atoms with Crippen LogP contribution < -0.4 is 0 Å². The van der Waals surface area contributed by atoms with Crippen LogP contribution in [0.4, 0.5) is 0 Å². The largest absolute Gasteiger partial charge is 0.508 e. The number of furan rings is 1. The van der Waals surface area contributed by atoms with Crippen LogP contribution in [0.5, 0.6) is 5.75 Å². The molecule has 0 saturated carbocycles. The molecule has 2 heterocycles. The first-order valence-corrected chi connectivity index (χ1v) is 9.02. The standard InChI is InChI=1S/C20H26N2O3/c23-19-10-4-3-8-17(19)14-21(15-18-9-7-13-25-18)16-20(24)22-11-5-1-2-6-12-22/h3-4,7-10,13,23H,1-2,5-6,11-12,14-16H2. The monoisotopic (exact) mass is 342 g/mol. The predicted molar refractivity (Wildman–Crippen MR) is 96.0 cm³/mol. The fraction of sp³-hybridized carbons (Fsp3) is 0.450. The lowest BCUT2D eigenvalue weighted by atomic mass is 10.2. The zero-order valence-corrected chi connectivity index (χ0v) is 14.6. The highest BCUT2D eigenvalue weighted by molar-refractivity contribution is 5.78. The summed E-state index contributed by atoms with van der Waals surface area (Å²) in [6, 6.07) is 11.0. The Morgan fingerprint density at radius 2 is 1.80 bits per heavy atom. The van der Waals surface area contributed by atoms with Crippen molar-refractivity contribution in [3.63, 3.8) is 0 Å². The molecule has 2 aromatic rings. The van der Waals surface area contributed by atoms with Gasteiger partial charge < -0.3 is 14.4 Å². The lowest BCUT2D eigenvalue weighted by Crippen LogP contribution is -2.40. The number of phenolic OH excluding ortho intramolecular Hbond substituents is 1. The van der Waals surface area contributed by atoms with Crippen molar-refractivity contribution in [3.05, 3.63) is 54.0 Å². The Bertz CT molecular complexity index is 661. The van der Waals surface area contributed by atoms with Crippen molar-refractivity contribution in [1.29, 1.82) is 0 Å². The molecule has 5 heteroatoms. The van der Waals surface area contributed by atoms with Crippen molar-refractivity contribution in [1.82, 2.24) is 9.80 Å². The zero-order chi connectivity index (χ0) is 17.5. The maximum Gasteiger partial charge on any atom is 0.236 e. The van der Waals surface area contributed by atoms with Gasteiger partial charge in [0.1, 0.15) is 11.5 Å². The highest BCUT2D eigenvalue weighted by atomic mass is 16.3. The first-order valence-electron chi connectivity index (χ1n) is 9.02. The van der Waals surface area contributed by atoms with Crippen molar-refractivity contribution in [3.8, 4) is 5.75 Å². The third kappa shape index (κ3) is 5.10. The van der Waals surface area contributed by atoms with Crippen LogP contribution in [0.15, 0.2) is 47.1 Å². The summed E-state index contributed by atoms with van der Waals surface area (Å²) in [5.74, 6) is 1.23. The molecule has 0 unspecified atom stereocenters. The van der Waals surface area contributed by atoms with Crippen molar-refractivity contribution < 1.29 is 14.3 Å². The quantitative estimate of drug-likeness (QED) is 0.874. The SMILES string of the molecule is O=C(CN(Cc1ccco1)Cc1ccccc1O)N1CCCCCC1. The summed E-state index contributed by atoms with van der Waals surface area (Å²) in [6.07, 6.45) is 6.23. The van der Waals surface area contributed by atoms with Gasteiger partial charge in [0.05, 0.1) is 19.4 Å². The highest BCUT2D eigenvalue weighted by Crippen LogP contribution is 2.19. The van der Waals surface area contributed by atoms with Gasteiger partial charge in [0.15, 0.2) is 0 Å². The number of carbonyl (C=O) groups is 1. The van der Waals surface area contributed by atoms with Gasteiger partial charge in [-0.15, -0.1) is 0 Å². The van der Waals surface area contributed by atoms with Crippen LogP contribution in [0.3, 0.4) is 0 Å². The average Bonchev–Trinajstić information content (AvgIpc) is 2.95. The molecule has 1 fully saturated rings. The molecular weight excluding hydrogens is 316 g/mol. The minimum Gasteiger partial charge on any atom is -0.508 e. The van der Waals surface area contributed by atoms with Gasteiger partial charge in [-0.3, -0.25) is 9.69 Å². The van der Waals surface area contributed by atoms with Crippen LogP contribution in [-0.2, 0) is 17.9 Å². The van der Waals surface area contributed by atoms with E-state index in [0.29, 0.717) is 19.6 Å². The number of para-hydroxylation sites is 1. The molecule has 1 aromatic carbocycles. The van der Waals surface area contributed by atoms with Gasteiger partial charge in [0.25, 0.3) is 0 Å². The van der Waals surface area contributed by atoms with Crippen molar-refractivity contribution >= 4 is 5.91 Å². The first-order chi connectivity index (χ1) is 12.2. The van der Waals surface area contributed by atoms with E-state index in [9.17, 15) is 9.90 Å². The third-order valence-electron chi connectivity index (χ3n) is 4.66. The summed E-state index contributed by atoms with van der Waals surface area (Å²) in [5, 5.41) is 10.1. The van der Waals surface area contributed by atoms with Crippen LogP contribution in [0.1, 0.15) is 37.0 Å². The summed E-state index contributed by atoms with van der Waals surface area (Å²) >= 11 is 0. The molecule has 0 aliphatic carbocycles. The molecule has 0 radical (unpaired) electrons. The fourth-order valence-electron chi connectivity index (χ4n) is 3.29. The second kappa shape index (κ2) is 8.72. The van der Waals surface area contributed by atoms with E-state index in [1.165, 1.54) is 12.8 Å². The highest BCUT2D eigenvalue weighted by Gasteiger charge is 2.20. The molecule has 1 aromatic heterocycles. The van der Waals surface area contributed by atoms with Gasteiger partial charge >= 0.3 is 0 Å². The normalized spacial score (nSPS) is 15.3. The molecule has 134 valence electrons. The van der Waals surface area contributed by atoms with Gasteiger partial charge in [-0.2, -0.15) is 0 Å². The van der Waals surface area contributed by atoms with Gasteiger partial charge in [0, 0.05) is 25.2 Å². The third-order valence-corrected chi connectivity index (χ3v) is 4.66. The maximum absolute atomic E-state index is 12.8. The van der Waals surface area contributed by atoms with Gasteiger partial charge in [-0.25, -0.2) is 0 Å². The molecule has 3 rings (SSSR count). The Kier molecular flexibility index (Phi) is 6.12. The Labute approximate surface area is 148 Å². The van der Waals surface area contributed by atoms with Crippen molar-refractivity contribution in [2.45, 2.75) is 38.8 Å².